The third-order valence-electron chi connectivity index (χ3n) is 4.59. The Bertz CT molecular complexity index is 677. The zero-order chi connectivity index (χ0) is 16.3. The summed E-state index contributed by atoms with van der Waals surface area (Å²) in [6, 6.07) is 8.44. The molecule has 1 N–H and O–H groups in total. The van der Waals surface area contributed by atoms with Gasteiger partial charge in [-0.1, -0.05) is 18.2 Å². The first-order valence-electron chi connectivity index (χ1n) is 8.27. The fourth-order valence-electron chi connectivity index (χ4n) is 3.27. The zero-order valence-electron chi connectivity index (χ0n) is 13.5. The van der Waals surface area contributed by atoms with E-state index >= 15 is 0 Å². The molecule has 1 saturated carbocycles. The molecular weight excluding hydrogens is 312 g/mol. The first-order chi connectivity index (χ1) is 11.0. The Morgan fingerprint density at radius 2 is 1.91 bits per heavy atom. The summed E-state index contributed by atoms with van der Waals surface area (Å²) in [5, 5.41) is 0. The summed E-state index contributed by atoms with van der Waals surface area (Å²) >= 11 is 0. The zero-order valence-corrected chi connectivity index (χ0v) is 14.3. The van der Waals surface area contributed by atoms with E-state index in [1.807, 2.05) is 18.2 Å². The van der Waals surface area contributed by atoms with Crippen molar-refractivity contribution in [3.63, 3.8) is 0 Å². The van der Waals surface area contributed by atoms with Crippen molar-refractivity contribution in [1.29, 1.82) is 0 Å². The molecule has 0 radical (unpaired) electrons. The first kappa shape index (κ1) is 16.5. The number of aryl methyl sites for hydroxylation is 1. The molecule has 1 aromatic rings. The Balaban J connectivity index is 1.51. The molecule has 0 spiro atoms. The van der Waals surface area contributed by atoms with Crippen LogP contribution in [0.1, 0.15) is 37.7 Å². The summed E-state index contributed by atoms with van der Waals surface area (Å²) in [6.07, 6.45) is 7.11. The maximum absolute atomic E-state index is 11.2. The molecule has 0 aromatic heterocycles. The SMILES string of the molecule is CS(=O)(=O)NCC1CCC(N=C2CCc3ccccc3O2)CC1. The van der Waals surface area contributed by atoms with Gasteiger partial charge in [-0.25, -0.2) is 13.1 Å². The van der Waals surface area contributed by atoms with Gasteiger partial charge in [0.2, 0.25) is 10.0 Å². The summed E-state index contributed by atoms with van der Waals surface area (Å²) in [6.45, 7) is 0.548. The van der Waals surface area contributed by atoms with Crippen LogP contribution < -0.4 is 9.46 Å². The molecule has 3 rings (SSSR count). The van der Waals surface area contributed by atoms with Gasteiger partial charge in [-0.15, -0.1) is 0 Å². The number of hydrogen-bond acceptors (Lipinski definition) is 4. The quantitative estimate of drug-likeness (QED) is 0.918. The highest BCUT2D eigenvalue weighted by atomic mass is 32.2. The first-order valence-corrected chi connectivity index (χ1v) is 10.2. The molecule has 1 aromatic carbocycles. The summed E-state index contributed by atoms with van der Waals surface area (Å²) in [7, 11) is -3.09. The van der Waals surface area contributed by atoms with Crippen LogP contribution in [0.25, 0.3) is 0 Å². The Morgan fingerprint density at radius 3 is 2.65 bits per heavy atom. The molecule has 1 aliphatic heterocycles. The third kappa shape index (κ3) is 4.78. The maximum Gasteiger partial charge on any atom is 0.208 e. The highest BCUT2D eigenvalue weighted by Crippen LogP contribution is 2.29. The summed E-state index contributed by atoms with van der Waals surface area (Å²) in [5.41, 5.74) is 1.25. The van der Waals surface area contributed by atoms with Crippen molar-refractivity contribution in [3.8, 4) is 5.75 Å². The number of aliphatic imine (C=N–C) groups is 1. The number of nitrogens with zero attached hydrogens (tertiary/aromatic N) is 1. The molecule has 0 bridgehead atoms. The van der Waals surface area contributed by atoms with Gasteiger partial charge in [0.05, 0.1) is 12.3 Å². The summed E-state index contributed by atoms with van der Waals surface area (Å²) < 4.78 is 30.8. The number of fused-ring (bicyclic) bond motifs is 1. The minimum atomic E-state index is -3.09. The fraction of sp³-hybridized carbons (Fsp3) is 0.588. The van der Waals surface area contributed by atoms with E-state index in [2.05, 4.69) is 10.8 Å². The molecule has 23 heavy (non-hydrogen) atoms. The second kappa shape index (κ2) is 7.01. The van der Waals surface area contributed by atoms with E-state index in [0.717, 1.165) is 50.2 Å². The van der Waals surface area contributed by atoms with E-state index in [-0.39, 0.29) is 0 Å². The predicted octanol–water partition coefficient (Wildman–Crippen LogP) is 2.52. The largest absolute Gasteiger partial charge is 0.443 e. The summed E-state index contributed by atoms with van der Waals surface area (Å²) in [4.78, 5) is 4.79. The number of benzene rings is 1. The Labute approximate surface area is 138 Å². The molecule has 0 amide bonds. The summed E-state index contributed by atoms with van der Waals surface area (Å²) in [5.74, 6) is 2.21. The van der Waals surface area contributed by atoms with Crippen molar-refractivity contribution in [2.45, 2.75) is 44.6 Å². The van der Waals surface area contributed by atoms with Crippen LogP contribution in [0.15, 0.2) is 29.3 Å². The molecule has 126 valence electrons. The molecule has 1 fully saturated rings. The second-order valence-corrected chi connectivity index (χ2v) is 8.36. The Kier molecular flexibility index (Phi) is 5.02. The maximum atomic E-state index is 11.2. The van der Waals surface area contributed by atoms with Crippen molar-refractivity contribution < 1.29 is 13.2 Å². The van der Waals surface area contributed by atoms with Gasteiger partial charge in [-0.2, -0.15) is 0 Å². The van der Waals surface area contributed by atoms with E-state index in [4.69, 9.17) is 9.73 Å². The number of rotatable bonds is 4. The molecular formula is C17H24N2O3S. The number of sulfonamides is 1. The van der Waals surface area contributed by atoms with Gasteiger partial charge in [0.1, 0.15) is 5.75 Å². The van der Waals surface area contributed by atoms with E-state index in [0.29, 0.717) is 18.5 Å². The fourth-order valence-corrected chi connectivity index (χ4v) is 3.81. The molecule has 1 aliphatic carbocycles. The van der Waals surface area contributed by atoms with Crippen LogP contribution in [0, 0.1) is 5.92 Å². The average molecular weight is 336 g/mol. The van der Waals surface area contributed by atoms with Crippen LogP contribution in [0.5, 0.6) is 5.75 Å². The Morgan fingerprint density at radius 1 is 1.17 bits per heavy atom. The van der Waals surface area contributed by atoms with E-state index < -0.39 is 10.0 Å². The molecule has 6 heteroatoms. The average Bonchev–Trinajstić information content (AvgIpc) is 2.53. The van der Waals surface area contributed by atoms with Gasteiger partial charge in [0.25, 0.3) is 0 Å². The lowest BCUT2D eigenvalue weighted by Crippen LogP contribution is -2.31. The van der Waals surface area contributed by atoms with E-state index in [9.17, 15) is 8.42 Å². The van der Waals surface area contributed by atoms with Gasteiger partial charge in [0, 0.05) is 13.0 Å². The second-order valence-electron chi connectivity index (χ2n) is 6.53. The molecule has 5 nitrogen and oxygen atoms in total. The van der Waals surface area contributed by atoms with Crippen molar-refractivity contribution in [2.24, 2.45) is 10.9 Å². The van der Waals surface area contributed by atoms with Gasteiger partial charge >= 0.3 is 0 Å². The molecule has 2 aliphatic rings. The number of para-hydroxylation sites is 1. The van der Waals surface area contributed by atoms with E-state index in [1.54, 1.807) is 0 Å². The van der Waals surface area contributed by atoms with Crippen LogP contribution in [-0.2, 0) is 16.4 Å². The molecule has 1 heterocycles. The smallest absolute Gasteiger partial charge is 0.208 e. The molecule has 0 atom stereocenters. The van der Waals surface area contributed by atoms with Gasteiger partial charge in [-0.3, -0.25) is 4.99 Å². The monoisotopic (exact) mass is 336 g/mol. The van der Waals surface area contributed by atoms with Crippen LogP contribution >= 0.6 is 0 Å². The number of nitrogens with one attached hydrogen (secondary N) is 1. The van der Waals surface area contributed by atoms with Crippen LogP contribution in [-0.4, -0.2) is 33.2 Å². The predicted molar refractivity (Wildman–Crippen MR) is 91.4 cm³/mol. The number of ether oxygens (including phenoxy) is 1. The van der Waals surface area contributed by atoms with Crippen molar-refractivity contribution in [1.82, 2.24) is 4.72 Å². The molecule has 0 saturated heterocycles. The lowest BCUT2D eigenvalue weighted by Gasteiger charge is -2.27. The lowest BCUT2D eigenvalue weighted by atomic mass is 9.86. The topological polar surface area (TPSA) is 67.8 Å². The van der Waals surface area contributed by atoms with Crippen LogP contribution in [0.3, 0.4) is 0 Å². The van der Waals surface area contributed by atoms with Crippen molar-refractivity contribution in [2.75, 3.05) is 12.8 Å². The van der Waals surface area contributed by atoms with E-state index in [1.165, 1.54) is 11.8 Å². The van der Waals surface area contributed by atoms with Gasteiger partial charge in [-0.05, 0) is 49.7 Å². The normalized spacial score (nSPS) is 26.6. The minimum Gasteiger partial charge on any atom is -0.443 e. The highest BCUT2D eigenvalue weighted by Gasteiger charge is 2.23. The van der Waals surface area contributed by atoms with Crippen LogP contribution in [0.4, 0.5) is 0 Å². The standard InChI is InChI=1S/C17H24N2O3S/c1-23(20,21)18-12-13-6-9-15(10-7-13)19-17-11-8-14-4-2-3-5-16(14)22-17/h2-5,13,15,18H,6-12H2,1H3. The van der Waals surface area contributed by atoms with Gasteiger partial charge < -0.3 is 4.74 Å². The lowest BCUT2D eigenvalue weighted by molar-refractivity contribution is 0.323. The van der Waals surface area contributed by atoms with Crippen LogP contribution in [0.2, 0.25) is 0 Å². The highest BCUT2D eigenvalue weighted by molar-refractivity contribution is 7.88. The number of hydrogen-bond donors (Lipinski definition) is 1. The van der Waals surface area contributed by atoms with Gasteiger partial charge in [0.15, 0.2) is 5.90 Å². The van der Waals surface area contributed by atoms with Crippen molar-refractivity contribution >= 4 is 15.9 Å². The minimum absolute atomic E-state index is 0.310. The molecule has 0 unspecified atom stereocenters. The van der Waals surface area contributed by atoms with Crippen molar-refractivity contribution in [3.05, 3.63) is 29.8 Å². The Hall–Kier alpha value is -1.40. The third-order valence-corrected chi connectivity index (χ3v) is 5.28.